The number of methoxy groups -OCH3 is 1. The number of hydrogen-bond acceptors (Lipinski definition) is 9. The number of hydrazine groups is 1. The molecule has 52 heavy (non-hydrogen) atoms. The molecule has 4 aromatic rings. The monoisotopic (exact) mass is 749 g/mol. The van der Waals surface area contributed by atoms with Crippen LogP contribution in [0.25, 0.3) is 33.4 Å². The molecule has 3 aromatic heterocycles. The van der Waals surface area contributed by atoms with E-state index in [1.807, 2.05) is 6.07 Å². The third-order valence-corrected chi connectivity index (χ3v) is 14.8. The molecular weight excluding hydrogens is 709 g/mol. The van der Waals surface area contributed by atoms with Crippen molar-refractivity contribution in [3.05, 3.63) is 58.2 Å². The molecule has 11 nitrogen and oxygen atoms in total. The first-order chi connectivity index (χ1) is 25.0. The van der Waals surface area contributed by atoms with Gasteiger partial charge in [-0.25, -0.2) is 10.4 Å². The molecule has 9 rings (SSSR count). The van der Waals surface area contributed by atoms with Crippen molar-refractivity contribution in [1.82, 2.24) is 29.5 Å². The van der Waals surface area contributed by atoms with E-state index in [9.17, 15) is 14.4 Å². The average Bonchev–Trinajstić information content (AvgIpc) is 4.04. The highest BCUT2D eigenvalue weighted by Crippen LogP contribution is 2.58. The van der Waals surface area contributed by atoms with Crippen LogP contribution in [0.15, 0.2) is 41.9 Å². The molecule has 6 heterocycles. The van der Waals surface area contributed by atoms with Gasteiger partial charge in [0.1, 0.15) is 11.2 Å². The molecule has 1 saturated carbocycles. The lowest BCUT2D eigenvalue weighted by Gasteiger charge is -2.48. The number of aryl methyl sites for hydroxylation is 1. The molecule has 1 unspecified atom stereocenters. The van der Waals surface area contributed by atoms with Gasteiger partial charge >= 0.3 is 5.97 Å². The highest BCUT2D eigenvalue weighted by molar-refractivity contribution is 7.10. The van der Waals surface area contributed by atoms with Gasteiger partial charge < -0.3 is 18.6 Å². The van der Waals surface area contributed by atoms with Crippen LogP contribution in [-0.2, 0) is 42.0 Å². The number of fused-ring (bicyclic) bond motifs is 8. The number of amides is 2. The van der Waals surface area contributed by atoms with E-state index in [4.69, 9.17) is 19.4 Å². The van der Waals surface area contributed by atoms with Crippen molar-refractivity contribution in [2.75, 3.05) is 20.3 Å². The maximum absolute atomic E-state index is 14.4. The molecular formula is C38H41N6O5SSi2. The van der Waals surface area contributed by atoms with Crippen LogP contribution in [0.3, 0.4) is 0 Å². The number of esters is 1. The minimum absolute atomic E-state index is 0.0315. The summed E-state index contributed by atoms with van der Waals surface area (Å²) in [6.07, 6.45) is 5.91. The van der Waals surface area contributed by atoms with E-state index in [-0.39, 0.29) is 34.0 Å². The maximum atomic E-state index is 14.4. The van der Waals surface area contributed by atoms with Gasteiger partial charge in [0.25, 0.3) is 5.91 Å². The number of benzene rings is 1. The van der Waals surface area contributed by atoms with Gasteiger partial charge in [-0.2, -0.15) is 0 Å². The Morgan fingerprint density at radius 1 is 1.21 bits per heavy atom. The Morgan fingerprint density at radius 2 is 2.04 bits per heavy atom. The van der Waals surface area contributed by atoms with Crippen LogP contribution in [0.2, 0.25) is 0 Å². The largest absolute Gasteiger partial charge is 0.464 e. The molecule has 267 valence electrons. The van der Waals surface area contributed by atoms with E-state index in [1.54, 1.807) is 22.9 Å². The van der Waals surface area contributed by atoms with Crippen LogP contribution < -0.4 is 5.43 Å². The summed E-state index contributed by atoms with van der Waals surface area (Å²) in [7, 11) is 5.88. The first-order valence-electron chi connectivity index (χ1n) is 18.2. The summed E-state index contributed by atoms with van der Waals surface area (Å²) < 4.78 is 16.7. The Hall–Kier alpha value is -3.70. The fourth-order valence-electron chi connectivity index (χ4n) is 8.78. The number of nitrogens with one attached hydrogen (secondary N) is 1. The second-order valence-corrected chi connectivity index (χ2v) is 18.7. The van der Waals surface area contributed by atoms with E-state index < -0.39 is 27.8 Å². The van der Waals surface area contributed by atoms with Gasteiger partial charge in [-0.15, -0.1) is 11.3 Å². The van der Waals surface area contributed by atoms with Crippen LogP contribution in [0.4, 0.5) is 0 Å². The zero-order valence-corrected chi connectivity index (χ0v) is 32.6. The van der Waals surface area contributed by atoms with Crippen molar-refractivity contribution in [1.29, 1.82) is 0 Å². The molecule has 2 amide bonds. The van der Waals surface area contributed by atoms with Crippen LogP contribution in [0.5, 0.6) is 0 Å². The van der Waals surface area contributed by atoms with Gasteiger partial charge in [0.05, 0.1) is 44.2 Å². The maximum Gasteiger partial charge on any atom is 0.324 e. The molecule has 1 spiro atoms. The first-order valence-corrected chi connectivity index (χ1v) is 20.5. The number of ether oxygens (including phenoxy) is 2. The number of carbonyl (C=O) groups excluding carboxylic acids is 3. The predicted molar refractivity (Wildman–Crippen MR) is 198 cm³/mol. The average molecular weight is 750 g/mol. The molecule has 2 aliphatic carbocycles. The zero-order chi connectivity index (χ0) is 36.2. The summed E-state index contributed by atoms with van der Waals surface area (Å²) >= 11 is 1.52. The number of thiazole rings is 1. The van der Waals surface area contributed by atoms with Crippen LogP contribution in [0, 0.1) is 11.3 Å². The summed E-state index contributed by atoms with van der Waals surface area (Å²) in [5.74, 6) is -0.477. The van der Waals surface area contributed by atoms with E-state index in [2.05, 4.69) is 70.7 Å². The molecule has 2 saturated heterocycles. The van der Waals surface area contributed by atoms with Crippen LogP contribution in [0.1, 0.15) is 75.1 Å². The lowest BCUT2D eigenvalue weighted by atomic mass is 9.66. The number of cyclic esters (lactones) is 1. The molecule has 14 heteroatoms. The molecule has 5 radical (unpaired) electrons. The third kappa shape index (κ3) is 5.19. The predicted octanol–water partition coefficient (Wildman–Crippen LogP) is 4.49. The highest BCUT2D eigenvalue weighted by atomic mass is 32.1. The van der Waals surface area contributed by atoms with Gasteiger partial charge in [0.15, 0.2) is 0 Å². The van der Waals surface area contributed by atoms with Crippen LogP contribution in [-0.4, -0.2) is 93.3 Å². The van der Waals surface area contributed by atoms with Crippen molar-refractivity contribution >= 4 is 59.9 Å². The lowest BCUT2D eigenvalue weighted by molar-refractivity contribution is -0.157. The fourth-order valence-corrected chi connectivity index (χ4v) is 11.8. The second-order valence-electron chi connectivity index (χ2n) is 15.5. The second kappa shape index (κ2) is 12.2. The van der Waals surface area contributed by atoms with E-state index in [0.717, 1.165) is 69.1 Å². The number of aromatic nitrogens is 3. The minimum atomic E-state index is -1.04. The Labute approximate surface area is 312 Å². The Morgan fingerprint density at radius 3 is 2.81 bits per heavy atom. The highest BCUT2D eigenvalue weighted by Gasteiger charge is 2.64. The minimum Gasteiger partial charge on any atom is -0.464 e. The quantitative estimate of drug-likeness (QED) is 0.184. The van der Waals surface area contributed by atoms with E-state index in [1.165, 1.54) is 11.3 Å². The Bertz CT molecular complexity index is 2150. The van der Waals surface area contributed by atoms with Crippen molar-refractivity contribution < 1.29 is 23.9 Å². The van der Waals surface area contributed by atoms with E-state index >= 15 is 0 Å². The van der Waals surface area contributed by atoms with Crippen molar-refractivity contribution in [3.8, 4) is 22.5 Å². The molecule has 5 aliphatic rings. The zero-order valence-electron chi connectivity index (χ0n) is 29.8. The molecule has 3 aliphatic heterocycles. The number of nitrogens with zero attached hydrogens (tertiary/aromatic N) is 5. The van der Waals surface area contributed by atoms with Crippen LogP contribution >= 0.6 is 11.3 Å². The number of rotatable bonds is 4. The number of pyridine rings is 1. The van der Waals surface area contributed by atoms with Crippen molar-refractivity contribution in [3.63, 3.8) is 0 Å². The van der Waals surface area contributed by atoms with Gasteiger partial charge in [-0.3, -0.25) is 24.4 Å². The molecule has 6 bridgehead atoms. The molecule has 1 N–H and O–H groups in total. The van der Waals surface area contributed by atoms with E-state index in [0.29, 0.717) is 38.1 Å². The fraction of sp³-hybridized carbons (Fsp3) is 0.500. The topological polar surface area (TPSA) is 119 Å². The van der Waals surface area contributed by atoms with Gasteiger partial charge in [-0.1, -0.05) is 19.9 Å². The number of hydrogen-bond donors (Lipinski definition) is 1. The summed E-state index contributed by atoms with van der Waals surface area (Å²) in [6.45, 7) is 7.65. The lowest BCUT2D eigenvalue weighted by Crippen LogP contribution is -2.60. The molecule has 3 fully saturated rings. The molecule has 1 aromatic carbocycles. The summed E-state index contributed by atoms with van der Waals surface area (Å²) in [5, 5.41) is 3.46. The first kappa shape index (κ1) is 34.1. The SMILES string of the molecule is CCn1c2c3c4cc(ccc41)-c1csc(n1)C[C@@]1([Si]N1C(=O)CC1CC1)C(=O)N1CCC[C@H](N1)C(=O)OCC(C)(C)C3[C@]([Si])(OC)c1ncccc1-2. The van der Waals surface area contributed by atoms with Gasteiger partial charge in [0, 0.05) is 78.0 Å². The summed E-state index contributed by atoms with van der Waals surface area (Å²) in [6, 6.07) is 9.86. The smallest absolute Gasteiger partial charge is 0.324 e. The Balaban J connectivity index is 1.22. The van der Waals surface area contributed by atoms with Crippen molar-refractivity contribution in [2.45, 2.75) is 88.2 Å². The van der Waals surface area contributed by atoms with Gasteiger partial charge in [0.2, 0.25) is 15.6 Å². The molecule has 4 atom stereocenters. The van der Waals surface area contributed by atoms with Gasteiger partial charge in [-0.05, 0) is 68.4 Å². The Kier molecular flexibility index (Phi) is 7.98. The third-order valence-electron chi connectivity index (χ3n) is 11.6. The summed E-state index contributed by atoms with van der Waals surface area (Å²) in [4.78, 5) is 51.8. The summed E-state index contributed by atoms with van der Waals surface area (Å²) in [5.41, 5.74) is 9.39. The normalized spacial score (nSPS) is 28.1. The van der Waals surface area contributed by atoms with Crippen molar-refractivity contribution in [2.24, 2.45) is 11.3 Å². The standard InChI is InChI=1S/C38H41N6O5SSi2/c1-5-42-27-13-12-22-17-24(27)30-31(42)23-8-6-14-39-33(23)38(51,48-4)32(30)36(2,3)20-49-34(46)25-9-7-15-43(41-25)35(47)37(18-28-40-26(22)19-50-28)44(52-37)29(45)16-21-10-11-21/h6,8,12-14,17,19,21,25,32,41H,5,7,9-11,15-16,18,20H2,1-4H3/t25-,32?,37+,38+,44?/m0/s1. The number of carbonyl (C=O) groups is 3.